The molecular formula is C21H17BrN2O4S. The number of nitriles is 1. The van der Waals surface area contributed by atoms with Crippen LogP contribution in [0, 0.1) is 11.3 Å². The maximum absolute atomic E-state index is 9.95. The number of allylic oxidation sites excluding steroid dienone is 1. The van der Waals surface area contributed by atoms with Gasteiger partial charge in [0, 0.05) is 10.9 Å². The van der Waals surface area contributed by atoms with Crippen LogP contribution in [0.1, 0.15) is 10.6 Å². The van der Waals surface area contributed by atoms with Gasteiger partial charge < -0.3 is 19.3 Å². The van der Waals surface area contributed by atoms with Gasteiger partial charge in [0.05, 0.1) is 37.1 Å². The zero-order valence-corrected chi connectivity index (χ0v) is 18.3. The van der Waals surface area contributed by atoms with Crippen LogP contribution in [0.25, 0.3) is 22.9 Å². The number of phenols is 1. The molecule has 0 aliphatic rings. The largest absolute Gasteiger partial charge is 0.503 e. The van der Waals surface area contributed by atoms with Crippen LogP contribution in [0.2, 0.25) is 0 Å². The highest BCUT2D eigenvalue weighted by molar-refractivity contribution is 9.10. The topological polar surface area (TPSA) is 84.6 Å². The first-order valence-electron chi connectivity index (χ1n) is 8.37. The summed E-state index contributed by atoms with van der Waals surface area (Å²) in [6, 6.07) is 11.1. The van der Waals surface area contributed by atoms with Crippen molar-refractivity contribution in [2.24, 2.45) is 0 Å². The Morgan fingerprint density at radius 3 is 2.48 bits per heavy atom. The lowest BCUT2D eigenvalue weighted by molar-refractivity contribution is 0.355. The number of benzene rings is 2. The van der Waals surface area contributed by atoms with Crippen molar-refractivity contribution in [1.82, 2.24) is 4.98 Å². The maximum Gasteiger partial charge on any atom is 0.172 e. The number of hydrogen-bond acceptors (Lipinski definition) is 7. The molecule has 0 aliphatic carbocycles. The number of nitrogens with zero attached hydrogens (tertiary/aromatic N) is 2. The van der Waals surface area contributed by atoms with Crippen LogP contribution in [-0.2, 0) is 0 Å². The molecule has 0 spiro atoms. The van der Waals surface area contributed by atoms with Gasteiger partial charge in [0.15, 0.2) is 23.0 Å². The summed E-state index contributed by atoms with van der Waals surface area (Å²) in [6.45, 7) is 0. The molecule has 29 heavy (non-hydrogen) atoms. The molecule has 3 aromatic rings. The molecule has 148 valence electrons. The van der Waals surface area contributed by atoms with Gasteiger partial charge in [-0.2, -0.15) is 5.26 Å². The molecule has 0 atom stereocenters. The van der Waals surface area contributed by atoms with Crippen molar-refractivity contribution in [3.8, 4) is 40.3 Å². The van der Waals surface area contributed by atoms with E-state index < -0.39 is 0 Å². The van der Waals surface area contributed by atoms with Gasteiger partial charge in [-0.25, -0.2) is 4.98 Å². The molecule has 0 saturated carbocycles. The highest BCUT2D eigenvalue weighted by Crippen LogP contribution is 2.37. The predicted molar refractivity (Wildman–Crippen MR) is 116 cm³/mol. The lowest BCUT2D eigenvalue weighted by Crippen LogP contribution is -1.91. The van der Waals surface area contributed by atoms with E-state index in [1.807, 2.05) is 23.6 Å². The Labute approximate surface area is 180 Å². The molecule has 0 unspecified atom stereocenters. The Kier molecular flexibility index (Phi) is 6.42. The average Bonchev–Trinajstić information content (AvgIpc) is 3.23. The fourth-order valence-electron chi connectivity index (χ4n) is 2.67. The summed E-state index contributed by atoms with van der Waals surface area (Å²) in [4.78, 5) is 4.60. The molecule has 0 radical (unpaired) electrons. The van der Waals surface area contributed by atoms with Crippen molar-refractivity contribution in [2.45, 2.75) is 0 Å². The smallest absolute Gasteiger partial charge is 0.172 e. The van der Waals surface area contributed by atoms with Crippen LogP contribution in [0.3, 0.4) is 0 Å². The van der Waals surface area contributed by atoms with Crippen LogP contribution in [0.4, 0.5) is 0 Å². The van der Waals surface area contributed by atoms with Crippen LogP contribution in [-0.4, -0.2) is 31.4 Å². The molecule has 0 bridgehead atoms. The zero-order chi connectivity index (χ0) is 21.0. The minimum absolute atomic E-state index is 0.00754. The molecule has 0 aliphatic heterocycles. The molecule has 0 fully saturated rings. The number of hydrogen-bond donors (Lipinski definition) is 1. The summed E-state index contributed by atoms with van der Waals surface area (Å²) in [6.07, 6.45) is 1.70. The predicted octanol–water partition coefficient (Wildman–Crippen LogP) is 5.37. The van der Waals surface area contributed by atoms with Crippen molar-refractivity contribution in [3.63, 3.8) is 0 Å². The first-order valence-corrected chi connectivity index (χ1v) is 10.0. The Morgan fingerprint density at radius 1 is 1.10 bits per heavy atom. The maximum atomic E-state index is 9.95. The summed E-state index contributed by atoms with van der Waals surface area (Å²) in [7, 11) is 4.63. The monoisotopic (exact) mass is 472 g/mol. The van der Waals surface area contributed by atoms with E-state index in [0.29, 0.717) is 37.9 Å². The third-order valence-corrected chi connectivity index (χ3v) is 5.60. The van der Waals surface area contributed by atoms with Crippen LogP contribution >= 0.6 is 27.3 Å². The number of aromatic hydroxyl groups is 1. The molecule has 6 nitrogen and oxygen atoms in total. The van der Waals surface area contributed by atoms with Gasteiger partial charge in [-0.1, -0.05) is 0 Å². The van der Waals surface area contributed by atoms with Crippen molar-refractivity contribution < 1.29 is 19.3 Å². The quantitative estimate of drug-likeness (QED) is 0.485. The number of halogens is 1. The van der Waals surface area contributed by atoms with E-state index in [4.69, 9.17) is 14.2 Å². The Bertz CT molecular complexity index is 1120. The molecule has 1 aromatic heterocycles. The average molecular weight is 473 g/mol. The summed E-state index contributed by atoms with van der Waals surface area (Å²) in [5.74, 6) is 1.56. The minimum Gasteiger partial charge on any atom is -0.503 e. The van der Waals surface area contributed by atoms with Gasteiger partial charge in [0.1, 0.15) is 11.1 Å². The number of rotatable bonds is 6. The van der Waals surface area contributed by atoms with E-state index in [1.165, 1.54) is 18.4 Å². The molecule has 1 heterocycles. The highest BCUT2D eigenvalue weighted by Gasteiger charge is 2.13. The standard InChI is InChI=1S/C21H17BrN2O4S/c1-26-17-5-4-13(9-18(17)27-2)16-11-29-21(24-16)14(10-23)6-12-7-15(22)20(25)19(8-12)28-3/h4-9,11,25H,1-3H3. The lowest BCUT2D eigenvalue weighted by Gasteiger charge is -2.08. The molecule has 2 aromatic carbocycles. The number of methoxy groups -OCH3 is 3. The summed E-state index contributed by atoms with van der Waals surface area (Å²) in [5.41, 5.74) is 2.69. The van der Waals surface area contributed by atoms with Crippen molar-refractivity contribution >= 4 is 38.9 Å². The molecule has 0 saturated heterocycles. The first-order chi connectivity index (χ1) is 14.0. The van der Waals surface area contributed by atoms with Gasteiger partial charge >= 0.3 is 0 Å². The SMILES string of the molecule is COc1ccc(-c2csc(C(C#N)=Cc3cc(Br)c(O)c(OC)c3)n2)cc1OC. The third kappa shape index (κ3) is 4.36. The summed E-state index contributed by atoms with van der Waals surface area (Å²) >= 11 is 4.66. The highest BCUT2D eigenvalue weighted by atomic mass is 79.9. The van der Waals surface area contributed by atoms with Crippen LogP contribution < -0.4 is 14.2 Å². The summed E-state index contributed by atoms with van der Waals surface area (Å²) < 4.78 is 16.3. The molecule has 0 amide bonds. The van der Waals surface area contributed by atoms with Gasteiger partial charge in [0.2, 0.25) is 0 Å². The fourth-order valence-corrected chi connectivity index (χ4v) is 3.92. The van der Waals surface area contributed by atoms with Gasteiger partial charge in [-0.15, -0.1) is 11.3 Å². The summed E-state index contributed by atoms with van der Waals surface area (Å²) in [5, 5.41) is 22.1. The molecule has 1 N–H and O–H groups in total. The van der Waals surface area contributed by atoms with Crippen molar-refractivity contribution in [1.29, 1.82) is 5.26 Å². The first kappa shape index (κ1) is 20.7. The normalized spacial score (nSPS) is 11.1. The second kappa shape index (κ2) is 8.99. The van der Waals surface area contributed by atoms with E-state index in [2.05, 4.69) is 27.0 Å². The van der Waals surface area contributed by atoms with Gasteiger partial charge in [-0.05, 0) is 57.9 Å². The Morgan fingerprint density at radius 2 is 1.83 bits per heavy atom. The minimum atomic E-state index is 0.00754. The van der Waals surface area contributed by atoms with Crippen molar-refractivity contribution in [2.75, 3.05) is 21.3 Å². The van der Waals surface area contributed by atoms with Gasteiger partial charge in [-0.3, -0.25) is 0 Å². The zero-order valence-electron chi connectivity index (χ0n) is 15.9. The lowest BCUT2D eigenvalue weighted by atomic mass is 10.1. The van der Waals surface area contributed by atoms with E-state index in [0.717, 1.165) is 11.3 Å². The third-order valence-electron chi connectivity index (χ3n) is 4.12. The van der Waals surface area contributed by atoms with E-state index in [1.54, 1.807) is 32.4 Å². The number of aromatic nitrogens is 1. The molecule has 3 rings (SSSR count). The van der Waals surface area contributed by atoms with E-state index in [-0.39, 0.29) is 5.75 Å². The Balaban J connectivity index is 1.97. The number of phenolic OH excluding ortho intramolecular Hbond substituents is 1. The van der Waals surface area contributed by atoms with Crippen LogP contribution in [0.15, 0.2) is 40.2 Å². The van der Waals surface area contributed by atoms with Crippen molar-refractivity contribution in [3.05, 3.63) is 50.8 Å². The van der Waals surface area contributed by atoms with Crippen LogP contribution in [0.5, 0.6) is 23.0 Å². The fraction of sp³-hybridized carbons (Fsp3) is 0.143. The molecule has 8 heteroatoms. The second-order valence-corrected chi connectivity index (χ2v) is 7.54. The molecular weight excluding hydrogens is 456 g/mol. The van der Waals surface area contributed by atoms with E-state index >= 15 is 0 Å². The van der Waals surface area contributed by atoms with Gasteiger partial charge in [0.25, 0.3) is 0 Å². The second-order valence-electron chi connectivity index (χ2n) is 5.83. The van der Waals surface area contributed by atoms with E-state index in [9.17, 15) is 10.4 Å². The number of ether oxygens (including phenoxy) is 3. The Hall–Kier alpha value is -3.02. The number of thiazole rings is 1.